The Hall–Kier alpha value is -1.65. The smallest absolute Gasteiger partial charge is 0.271 e. The summed E-state index contributed by atoms with van der Waals surface area (Å²) >= 11 is 0. The molecule has 1 fully saturated rings. The summed E-state index contributed by atoms with van der Waals surface area (Å²) in [5.74, 6) is 1.20. The number of amides is 1. The highest BCUT2D eigenvalue weighted by atomic mass is 16.1. The second kappa shape index (κ2) is 7.22. The molecule has 1 amide bonds. The standard InChI is InChI=1S/C15H24N4O/c1-3-8-16-14-10-17-13(9-18-14)15(20)19-11(2)12-6-4-5-7-12/h9-12H,3-8H2,1-2H3,(H,16,18)(H,19,20). The first-order valence-corrected chi connectivity index (χ1v) is 7.57. The maximum absolute atomic E-state index is 12.1. The van der Waals surface area contributed by atoms with Crippen LogP contribution in [0.1, 0.15) is 56.4 Å². The number of aromatic nitrogens is 2. The minimum atomic E-state index is -0.126. The van der Waals surface area contributed by atoms with Crippen LogP contribution < -0.4 is 10.6 Å². The van der Waals surface area contributed by atoms with Gasteiger partial charge in [0, 0.05) is 12.6 Å². The molecule has 0 aromatic carbocycles. The molecule has 1 heterocycles. The van der Waals surface area contributed by atoms with Crippen LogP contribution in [-0.2, 0) is 0 Å². The van der Waals surface area contributed by atoms with Crippen LogP contribution in [0, 0.1) is 5.92 Å². The topological polar surface area (TPSA) is 66.9 Å². The van der Waals surface area contributed by atoms with E-state index in [0.717, 1.165) is 13.0 Å². The maximum Gasteiger partial charge on any atom is 0.271 e. The predicted molar refractivity (Wildman–Crippen MR) is 79.7 cm³/mol. The normalized spacial score (nSPS) is 16.9. The van der Waals surface area contributed by atoms with Gasteiger partial charge in [-0.25, -0.2) is 9.97 Å². The Morgan fingerprint density at radius 1 is 1.35 bits per heavy atom. The van der Waals surface area contributed by atoms with Crippen LogP contribution in [0.2, 0.25) is 0 Å². The molecule has 0 aliphatic heterocycles. The highest BCUT2D eigenvalue weighted by Crippen LogP contribution is 2.27. The summed E-state index contributed by atoms with van der Waals surface area (Å²) in [4.78, 5) is 20.5. The first kappa shape index (κ1) is 14.8. The predicted octanol–water partition coefficient (Wildman–Crippen LogP) is 2.61. The molecule has 20 heavy (non-hydrogen) atoms. The van der Waals surface area contributed by atoms with Crippen LogP contribution in [0.4, 0.5) is 5.82 Å². The molecular weight excluding hydrogens is 252 g/mol. The fourth-order valence-electron chi connectivity index (χ4n) is 2.65. The van der Waals surface area contributed by atoms with Crippen molar-refractivity contribution in [2.24, 2.45) is 5.92 Å². The number of nitrogens with one attached hydrogen (secondary N) is 2. The lowest BCUT2D eigenvalue weighted by molar-refractivity contribution is 0.0922. The van der Waals surface area contributed by atoms with Gasteiger partial charge in [-0.1, -0.05) is 19.8 Å². The number of rotatable bonds is 6. The summed E-state index contributed by atoms with van der Waals surface area (Å²) in [5.41, 5.74) is 0.386. The van der Waals surface area contributed by atoms with E-state index < -0.39 is 0 Å². The van der Waals surface area contributed by atoms with Crippen LogP contribution in [0.5, 0.6) is 0 Å². The molecule has 5 nitrogen and oxygen atoms in total. The van der Waals surface area contributed by atoms with Crippen molar-refractivity contribution in [1.82, 2.24) is 15.3 Å². The summed E-state index contributed by atoms with van der Waals surface area (Å²) < 4.78 is 0. The van der Waals surface area contributed by atoms with Crippen LogP contribution in [-0.4, -0.2) is 28.5 Å². The van der Waals surface area contributed by atoms with Crippen molar-refractivity contribution in [1.29, 1.82) is 0 Å². The highest BCUT2D eigenvalue weighted by molar-refractivity contribution is 5.92. The van der Waals surface area contributed by atoms with Crippen molar-refractivity contribution in [3.05, 3.63) is 18.1 Å². The van der Waals surface area contributed by atoms with E-state index in [2.05, 4.69) is 34.4 Å². The Balaban J connectivity index is 1.88. The van der Waals surface area contributed by atoms with Crippen LogP contribution >= 0.6 is 0 Å². The Labute approximate surface area is 120 Å². The first-order chi connectivity index (χ1) is 9.70. The van der Waals surface area contributed by atoms with Gasteiger partial charge in [-0.3, -0.25) is 4.79 Å². The highest BCUT2D eigenvalue weighted by Gasteiger charge is 2.23. The molecule has 1 aliphatic carbocycles. The third-order valence-corrected chi connectivity index (χ3v) is 3.91. The Kier molecular flexibility index (Phi) is 5.32. The molecule has 2 N–H and O–H groups in total. The number of hydrogen-bond acceptors (Lipinski definition) is 4. The molecule has 1 aromatic rings. The van der Waals surface area contributed by atoms with E-state index in [4.69, 9.17) is 0 Å². The second-order valence-electron chi connectivity index (χ2n) is 5.52. The first-order valence-electron chi connectivity index (χ1n) is 7.57. The zero-order valence-corrected chi connectivity index (χ0v) is 12.4. The second-order valence-corrected chi connectivity index (χ2v) is 5.52. The molecule has 1 atom stereocenters. The largest absolute Gasteiger partial charge is 0.369 e. The van der Waals surface area contributed by atoms with Gasteiger partial charge in [0.1, 0.15) is 11.5 Å². The fraction of sp³-hybridized carbons (Fsp3) is 0.667. The average molecular weight is 276 g/mol. The van der Waals surface area contributed by atoms with Gasteiger partial charge in [0.25, 0.3) is 5.91 Å². The summed E-state index contributed by atoms with van der Waals surface area (Å²) in [6.45, 7) is 5.03. The molecule has 0 radical (unpaired) electrons. The monoisotopic (exact) mass is 276 g/mol. The molecule has 0 saturated heterocycles. The molecule has 5 heteroatoms. The Bertz CT molecular complexity index is 426. The minimum Gasteiger partial charge on any atom is -0.369 e. The molecular formula is C15H24N4O. The van der Waals surface area contributed by atoms with Gasteiger partial charge in [0.2, 0.25) is 0 Å². The molecule has 110 valence electrons. The van der Waals surface area contributed by atoms with Gasteiger partial charge in [-0.2, -0.15) is 0 Å². The van der Waals surface area contributed by atoms with E-state index in [-0.39, 0.29) is 11.9 Å². The lowest BCUT2D eigenvalue weighted by Crippen LogP contribution is -2.37. The maximum atomic E-state index is 12.1. The van der Waals surface area contributed by atoms with Gasteiger partial charge in [-0.15, -0.1) is 0 Å². The summed E-state index contributed by atoms with van der Waals surface area (Å²) in [7, 11) is 0. The SMILES string of the molecule is CCCNc1cnc(C(=O)NC(C)C2CCCC2)cn1. The number of nitrogens with zero attached hydrogens (tertiary/aromatic N) is 2. The molecule has 1 aromatic heterocycles. The van der Waals surface area contributed by atoms with Crippen molar-refractivity contribution in [3.63, 3.8) is 0 Å². The van der Waals surface area contributed by atoms with Gasteiger partial charge < -0.3 is 10.6 Å². The number of anilines is 1. The van der Waals surface area contributed by atoms with Crippen molar-refractivity contribution in [2.75, 3.05) is 11.9 Å². The van der Waals surface area contributed by atoms with E-state index in [1.54, 1.807) is 6.20 Å². The third-order valence-electron chi connectivity index (χ3n) is 3.91. The average Bonchev–Trinajstić information content (AvgIpc) is 3.00. The van der Waals surface area contributed by atoms with Gasteiger partial charge in [0.15, 0.2) is 0 Å². The van der Waals surface area contributed by atoms with E-state index in [1.165, 1.54) is 31.9 Å². The number of carbonyl (C=O) groups excluding carboxylic acids is 1. The molecule has 0 spiro atoms. The van der Waals surface area contributed by atoms with Crippen molar-refractivity contribution in [2.45, 2.75) is 52.0 Å². The molecule has 1 aliphatic rings. The van der Waals surface area contributed by atoms with Gasteiger partial charge >= 0.3 is 0 Å². The fourth-order valence-corrected chi connectivity index (χ4v) is 2.65. The van der Waals surface area contributed by atoms with Crippen molar-refractivity contribution in [3.8, 4) is 0 Å². The van der Waals surface area contributed by atoms with Crippen LogP contribution in [0.25, 0.3) is 0 Å². The quantitative estimate of drug-likeness (QED) is 0.838. The lowest BCUT2D eigenvalue weighted by Gasteiger charge is -2.19. The minimum absolute atomic E-state index is 0.126. The molecule has 1 unspecified atom stereocenters. The van der Waals surface area contributed by atoms with Gasteiger partial charge in [-0.05, 0) is 32.1 Å². The zero-order chi connectivity index (χ0) is 14.4. The van der Waals surface area contributed by atoms with E-state index >= 15 is 0 Å². The summed E-state index contributed by atoms with van der Waals surface area (Å²) in [5, 5.41) is 6.18. The van der Waals surface area contributed by atoms with E-state index in [1.807, 2.05) is 0 Å². The number of hydrogen-bond donors (Lipinski definition) is 2. The number of carbonyl (C=O) groups is 1. The Morgan fingerprint density at radius 3 is 2.70 bits per heavy atom. The molecule has 0 bridgehead atoms. The van der Waals surface area contributed by atoms with Crippen molar-refractivity contribution >= 4 is 11.7 Å². The van der Waals surface area contributed by atoms with Crippen molar-refractivity contribution < 1.29 is 4.79 Å². The van der Waals surface area contributed by atoms with Crippen LogP contribution in [0.15, 0.2) is 12.4 Å². The third kappa shape index (κ3) is 3.92. The van der Waals surface area contributed by atoms with E-state index in [0.29, 0.717) is 17.4 Å². The van der Waals surface area contributed by atoms with E-state index in [9.17, 15) is 4.79 Å². The van der Waals surface area contributed by atoms with Crippen LogP contribution in [0.3, 0.4) is 0 Å². The zero-order valence-electron chi connectivity index (χ0n) is 12.4. The summed E-state index contributed by atoms with van der Waals surface area (Å²) in [6, 6.07) is 0.213. The summed E-state index contributed by atoms with van der Waals surface area (Å²) in [6.07, 6.45) is 9.17. The molecule has 1 saturated carbocycles. The van der Waals surface area contributed by atoms with Gasteiger partial charge in [0.05, 0.1) is 12.4 Å². The molecule has 2 rings (SSSR count). The Morgan fingerprint density at radius 2 is 2.10 bits per heavy atom. The lowest BCUT2D eigenvalue weighted by atomic mass is 10.00.